The highest BCUT2D eigenvalue weighted by Gasteiger charge is 2.50. The van der Waals surface area contributed by atoms with E-state index in [1.165, 1.54) is 18.2 Å². The molecule has 7 rings (SSSR count). The van der Waals surface area contributed by atoms with Gasteiger partial charge in [0, 0.05) is 81.6 Å². The number of hydrogen-bond acceptors (Lipinski definition) is 9. The molecule has 302 valence electrons. The van der Waals surface area contributed by atoms with Crippen LogP contribution in [0, 0.1) is 17.8 Å². The van der Waals surface area contributed by atoms with Gasteiger partial charge in [0.25, 0.3) is 5.91 Å². The molecule has 10 nitrogen and oxygen atoms in total. The van der Waals surface area contributed by atoms with Crippen molar-refractivity contribution in [1.29, 1.82) is 0 Å². The summed E-state index contributed by atoms with van der Waals surface area (Å²) in [5.41, 5.74) is 2.92. The zero-order valence-corrected chi connectivity index (χ0v) is 35.2. The molecule has 1 amide bonds. The summed E-state index contributed by atoms with van der Waals surface area (Å²) >= 11 is 6.52. The quantitative estimate of drug-likeness (QED) is 0.349. The first kappa shape index (κ1) is 40.5. The van der Waals surface area contributed by atoms with E-state index in [1.807, 2.05) is 32.2 Å². The Morgan fingerprint density at radius 1 is 1.05 bits per heavy atom. The number of fused-ring (bicyclic) bond motifs is 4. The van der Waals surface area contributed by atoms with Crippen molar-refractivity contribution in [2.75, 3.05) is 78.1 Å². The highest BCUT2D eigenvalue weighted by Crippen LogP contribution is 2.49. The predicted molar refractivity (Wildman–Crippen MR) is 219 cm³/mol. The maximum Gasteiger partial charge on any atom is 0.264 e. The lowest BCUT2D eigenvalue weighted by Crippen LogP contribution is -2.60. The number of nitrogens with one attached hydrogen (secondary N) is 1. The van der Waals surface area contributed by atoms with E-state index < -0.39 is 26.8 Å². The zero-order valence-electron chi connectivity index (χ0n) is 33.6. The van der Waals surface area contributed by atoms with E-state index >= 15 is 0 Å². The van der Waals surface area contributed by atoms with E-state index in [1.54, 1.807) is 6.07 Å². The molecule has 3 heterocycles. The van der Waals surface area contributed by atoms with Crippen LogP contribution in [0.3, 0.4) is 0 Å². The summed E-state index contributed by atoms with van der Waals surface area (Å²) in [6.45, 7) is 15.4. The van der Waals surface area contributed by atoms with Gasteiger partial charge in [-0.05, 0) is 119 Å². The Labute approximate surface area is 333 Å². The second kappa shape index (κ2) is 15.9. The Bertz CT molecular complexity index is 1860. The van der Waals surface area contributed by atoms with Crippen molar-refractivity contribution in [3.8, 4) is 5.75 Å². The van der Waals surface area contributed by atoms with Crippen LogP contribution in [0.5, 0.6) is 5.75 Å². The fourth-order valence-corrected chi connectivity index (χ4v) is 11.9. The number of amides is 1. The van der Waals surface area contributed by atoms with Crippen LogP contribution in [0.15, 0.2) is 48.6 Å². The molecular formula is C43H61ClN4O6S. The first-order chi connectivity index (χ1) is 26.2. The summed E-state index contributed by atoms with van der Waals surface area (Å²) in [4.78, 5) is 21.4. The molecule has 5 aliphatic rings. The Morgan fingerprint density at radius 2 is 1.84 bits per heavy atom. The van der Waals surface area contributed by atoms with Crippen molar-refractivity contribution in [2.45, 2.75) is 88.0 Å². The minimum atomic E-state index is -4.10. The van der Waals surface area contributed by atoms with E-state index in [0.29, 0.717) is 31.2 Å². The van der Waals surface area contributed by atoms with Crippen molar-refractivity contribution in [2.24, 2.45) is 17.8 Å². The smallest absolute Gasteiger partial charge is 0.264 e. The average Bonchev–Trinajstić information content (AvgIpc) is 3.28. The summed E-state index contributed by atoms with van der Waals surface area (Å²) in [7, 11) is -0.756. The van der Waals surface area contributed by atoms with Gasteiger partial charge in [-0.1, -0.05) is 36.7 Å². The third kappa shape index (κ3) is 8.21. The van der Waals surface area contributed by atoms with Crippen LogP contribution in [0.25, 0.3) is 0 Å². The van der Waals surface area contributed by atoms with Crippen LogP contribution >= 0.6 is 11.6 Å². The number of allylic oxidation sites excluding steroid dienone is 1. The molecule has 2 fully saturated rings. The molecule has 2 aromatic carbocycles. The third-order valence-electron chi connectivity index (χ3n) is 13.5. The van der Waals surface area contributed by atoms with Gasteiger partial charge in [0.1, 0.15) is 16.6 Å². The summed E-state index contributed by atoms with van der Waals surface area (Å²) in [6, 6.07) is 11.6. The number of piperazine rings is 1. The first-order valence-corrected chi connectivity index (χ1v) is 22.2. The number of carbonyl (C=O) groups is 1. The van der Waals surface area contributed by atoms with Gasteiger partial charge in [-0.25, -0.2) is 13.1 Å². The lowest BCUT2D eigenvalue weighted by molar-refractivity contribution is -0.0975. The Balaban J connectivity index is 1.30. The van der Waals surface area contributed by atoms with Gasteiger partial charge in [0.15, 0.2) is 0 Å². The van der Waals surface area contributed by atoms with Gasteiger partial charge in [-0.3, -0.25) is 14.6 Å². The zero-order chi connectivity index (χ0) is 39.2. The number of rotatable bonds is 5. The Hall–Kier alpha value is -2.67. The Morgan fingerprint density at radius 3 is 2.53 bits per heavy atom. The van der Waals surface area contributed by atoms with Crippen LogP contribution in [-0.4, -0.2) is 114 Å². The van der Waals surface area contributed by atoms with Gasteiger partial charge in [-0.2, -0.15) is 0 Å². The maximum atomic E-state index is 13.9. The minimum Gasteiger partial charge on any atom is -0.490 e. The van der Waals surface area contributed by atoms with Gasteiger partial charge in [0.2, 0.25) is 10.0 Å². The number of nitrogens with zero attached hydrogens (tertiary/aromatic N) is 3. The topological polar surface area (TPSA) is 101 Å². The number of halogens is 1. The fourth-order valence-electron chi connectivity index (χ4n) is 10.1. The highest BCUT2D eigenvalue weighted by atomic mass is 35.5. The highest BCUT2D eigenvalue weighted by molar-refractivity contribution is 7.90. The summed E-state index contributed by atoms with van der Waals surface area (Å²) < 4.78 is 49.2. The summed E-state index contributed by atoms with van der Waals surface area (Å²) in [6.07, 6.45) is 9.94. The molecule has 1 spiro atoms. The number of benzene rings is 2. The van der Waals surface area contributed by atoms with Gasteiger partial charge >= 0.3 is 0 Å². The molecule has 12 heteroatoms. The number of aryl methyl sites for hydroxylation is 1. The van der Waals surface area contributed by atoms with Crippen LogP contribution in [0.2, 0.25) is 5.02 Å². The van der Waals surface area contributed by atoms with Crippen molar-refractivity contribution in [3.63, 3.8) is 0 Å². The lowest BCUT2D eigenvalue weighted by Gasteiger charge is -2.52. The number of ether oxygens (including phenoxy) is 3. The molecule has 2 aromatic rings. The van der Waals surface area contributed by atoms with E-state index in [-0.39, 0.29) is 35.0 Å². The molecular weight excluding hydrogens is 736 g/mol. The largest absolute Gasteiger partial charge is 0.490 e. The van der Waals surface area contributed by atoms with Crippen LogP contribution in [-0.2, 0) is 31.3 Å². The van der Waals surface area contributed by atoms with Crippen LogP contribution in [0.1, 0.15) is 81.3 Å². The van der Waals surface area contributed by atoms with E-state index in [4.69, 9.17) is 25.8 Å². The lowest BCUT2D eigenvalue weighted by atomic mass is 9.63. The number of hydrogen-bond donors (Lipinski definition) is 1. The second-order valence-electron chi connectivity index (χ2n) is 17.9. The molecule has 1 N–H and O–H groups in total. The molecule has 1 saturated heterocycles. The SMILES string of the molecule is COC[C@@H]1[C@@H](C)C/C=C\[C@](CN2CCN(C(C)(C)C)CC2)(OC)[C@@H]2CC[C@H]2CN2C[C@@]3(CCCc4cc(Cl)ccc43)COc3ccc(cc32)C(=O)NS1(=O)=O. The normalized spacial score (nSPS) is 32.3. The average molecular weight is 798 g/mol. The molecule has 1 saturated carbocycles. The molecule has 6 atom stereocenters. The van der Waals surface area contributed by atoms with Crippen LogP contribution < -0.4 is 14.4 Å². The monoisotopic (exact) mass is 796 g/mol. The molecule has 0 aromatic heterocycles. The van der Waals surface area contributed by atoms with Crippen molar-refractivity contribution in [3.05, 3.63) is 70.3 Å². The molecule has 0 radical (unpaired) electrons. The van der Waals surface area contributed by atoms with Crippen molar-refractivity contribution >= 4 is 33.2 Å². The predicted octanol–water partition coefficient (Wildman–Crippen LogP) is 6.31. The standard InChI is InChI=1S/C43H61ClN4O6S/c1-30-9-7-18-43(53-6,28-46-19-21-48(22-20-46)41(2,3)4)36-14-11-33(36)25-47-27-42(17-8-10-31-23-34(44)13-15-35(31)42)29-54-38-16-12-32(24-37(38)47)40(49)45-55(50,51)39(30)26-52-5/h7,12-13,15-16,18,23-24,30,33,36,39H,8-11,14,17,19-22,25-29H2,1-6H3,(H,45,49)/b18-7-/t30-,33-,36+,39+,42-,43+/m0/s1. The van der Waals surface area contributed by atoms with E-state index in [9.17, 15) is 13.2 Å². The molecule has 2 aliphatic carbocycles. The van der Waals surface area contributed by atoms with Crippen molar-refractivity contribution in [1.82, 2.24) is 14.5 Å². The van der Waals surface area contributed by atoms with E-state index in [0.717, 1.165) is 82.1 Å². The van der Waals surface area contributed by atoms with Crippen molar-refractivity contribution < 1.29 is 27.4 Å². The maximum absolute atomic E-state index is 13.9. The number of carbonyl (C=O) groups excluding carboxylic acids is 1. The number of sulfonamides is 1. The number of anilines is 1. The fraction of sp³-hybridized carbons (Fsp3) is 0.651. The van der Waals surface area contributed by atoms with Gasteiger partial charge in [0.05, 0.1) is 18.9 Å². The Kier molecular flexibility index (Phi) is 11.7. The second-order valence-corrected chi connectivity index (χ2v) is 20.2. The minimum absolute atomic E-state index is 0.0314. The van der Waals surface area contributed by atoms with Gasteiger partial charge in [-0.15, -0.1) is 0 Å². The molecule has 0 unspecified atom stereocenters. The first-order valence-electron chi connectivity index (χ1n) is 20.2. The third-order valence-corrected chi connectivity index (χ3v) is 15.6. The molecule has 3 aliphatic heterocycles. The molecule has 2 bridgehead atoms. The number of methoxy groups -OCH3 is 2. The summed E-state index contributed by atoms with van der Waals surface area (Å²) in [5.74, 6) is 0.290. The van der Waals surface area contributed by atoms with E-state index in [2.05, 4.69) is 64.5 Å². The van der Waals surface area contributed by atoms with Gasteiger partial charge < -0.3 is 19.1 Å². The summed E-state index contributed by atoms with van der Waals surface area (Å²) in [5, 5.41) is -0.189. The molecule has 55 heavy (non-hydrogen) atoms. The van der Waals surface area contributed by atoms with Crippen LogP contribution in [0.4, 0.5) is 5.69 Å².